The molecule has 272 valence electrons. The van der Waals surface area contributed by atoms with Gasteiger partial charge in [0.25, 0.3) is 0 Å². The lowest BCUT2D eigenvalue weighted by atomic mass is 9.99. The van der Waals surface area contributed by atoms with Gasteiger partial charge in [-0.25, -0.2) is 18.4 Å². The zero-order chi connectivity index (χ0) is 37.6. The van der Waals surface area contributed by atoms with Crippen LogP contribution in [0.25, 0.3) is 0 Å². The fraction of sp³-hybridized carbons (Fsp3) is 0.424. The standard InChI is InChI=1S/C33H39N7O10S/c1-21(30(46)47)25(41)17-34-26(42)18-36-29(45)24(14-22-8-4-3-5-9-22)40-28(44)20-35-27(43)19-37-31(48)33(12-13-33)11-7-6-10-23-15-38-32(39-16-23)51(2,49)50/h3-5,8-9,15-16,21,24H,7,11-14,17-20H2,1-2H3,(H,34,42)(H,35,43)(H,36,45)(H,37,48)(H,40,44)(H,46,47)/t21-,24+/m1/s1. The van der Waals surface area contributed by atoms with Gasteiger partial charge in [-0.2, -0.15) is 0 Å². The molecule has 0 radical (unpaired) electrons. The molecule has 1 aliphatic rings. The van der Waals surface area contributed by atoms with Gasteiger partial charge in [-0.15, -0.1) is 0 Å². The number of benzene rings is 1. The molecule has 0 spiro atoms. The van der Waals surface area contributed by atoms with Gasteiger partial charge in [-0.05, 0) is 31.7 Å². The van der Waals surface area contributed by atoms with Crippen LogP contribution in [0, 0.1) is 23.2 Å². The van der Waals surface area contributed by atoms with Gasteiger partial charge in [-0.3, -0.25) is 33.6 Å². The van der Waals surface area contributed by atoms with Gasteiger partial charge in [0.05, 0.1) is 37.2 Å². The summed E-state index contributed by atoms with van der Waals surface area (Å²) in [4.78, 5) is 93.2. The highest BCUT2D eigenvalue weighted by Gasteiger charge is 2.48. The molecule has 1 saturated carbocycles. The molecule has 6 N–H and O–H groups in total. The van der Waals surface area contributed by atoms with Crippen molar-refractivity contribution in [3.63, 3.8) is 0 Å². The summed E-state index contributed by atoms with van der Waals surface area (Å²) in [6.45, 7) is -0.793. The first kappa shape index (κ1) is 39.7. The number of aliphatic carboxylic acids is 1. The van der Waals surface area contributed by atoms with Crippen LogP contribution in [0.15, 0.2) is 47.9 Å². The quantitative estimate of drug-likeness (QED) is 0.0570. The molecule has 1 aromatic heterocycles. The van der Waals surface area contributed by atoms with Crippen LogP contribution in [0.1, 0.15) is 43.7 Å². The Balaban J connectivity index is 1.43. The third-order valence-electron chi connectivity index (χ3n) is 7.78. The molecule has 51 heavy (non-hydrogen) atoms. The average molecular weight is 726 g/mol. The second-order valence-electron chi connectivity index (χ2n) is 11.9. The van der Waals surface area contributed by atoms with Crippen molar-refractivity contribution >= 4 is 51.1 Å². The molecule has 0 aliphatic heterocycles. The van der Waals surface area contributed by atoms with E-state index >= 15 is 0 Å². The maximum absolute atomic E-state index is 12.9. The van der Waals surface area contributed by atoms with E-state index in [0.717, 1.165) is 6.26 Å². The van der Waals surface area contributed by atoms with Crippen molar-refractivity contribution in [1.29, 1.82) is 0 Å². The van der Waals surface area contributed by atoms with Crippen LogP contribution in [0.4, 0.5) is 0 Å². The summed E-state index contributed by atoms with van der Waals surface area (Å²) in [6, 6.07) is 7.56. The number of rotatable bonds is 18. The lowest BCUT2D eigenvalue weighted by molar-refractivity contribution is -0.145. The highest BCUT2D eigenvalue weighted by atomic mass is 32.2. The summed E-state index contributed by atoms with van der Waals surface area (Å²) in [5, 5.41) is 20.7. The van der Waals surface area contributed by atoms with Gasteiger partial charge in [0.1, 0.15) is 12.0 Å². The Hall–Kier alpha value is -5.70. The van der Waals surface area contributed by atoms with Crippen molar-refractivity contribution < 1.29 is 47.1 Å². The van der Waals surface area contributed by atoms with Gasteiger partial charge >= 0.3 is 5.97 Å². The molecule has 18 heteroatoms. The minimum absolute atomic E-state index is 0.0500. The molecule has 0 saturated heterocycles. The second-order valence-corrected chi connectivity index (χ2v) is 13.8. The Morgan fingerprint density at radius 2 is 1.45 bits per heavy atom. The van der Waals surface area contributed by atoms with Crippen molar-refractivity contribution in [2.24, 2.45) is 11.3 Å². The number of amides is 5. The molecule has 0 unspecified atom stereocenters. The number of ketones is 1. The number of Topliss-reactive ketones (excluding diaryl/α,β-unsaturated/α-hetero) is 1. The molecule has 0 bridgehead atoms. The Bertz CT molecular complexity index is 1800. The maximum atomic E-state index is 12.9. The van der Waals surface area contributed by atoms with E-state index in [1.807, 2.05) is 0 Å². The van der Waals surface area contributed by atoms with Gasteiger partial charge < -0.3 is 31.7 Å². The molecule has 1 heterocycles. The SMILES string of the molecule is C[C@@H](C(=O)O)C(=O)CNC(=O)CNC(=O)[C@H](Cc1ccccc1)NC(=O)CNC(=O)CNC(=O)C1(CCC#Cc2cnc(S(C)(=O)=O)nc2)CC1. The van der Waals surface area contributed by atoms with Crippen molar-refractivity contribution in [3.05, 3.63) is 53.9 Å². The van der Waals surface area contributed by atoms with Crippen LogP contribution in [0.2, 0.25) is 0 Å². The Morgan fingerprint density at radius 1 is 0.863 bits per heavy atom. The van der Waals surface area contributed by atoms with Gasteiger partial charge in [0.15, 0.2) is 5.78 Å². The molecule has 17 nitrogen and oxygen atoms in total. The summed E-state index contributed by atoms with van der Waals surface area (Å²) in [7, 11) is -3.52. The van der Waals surface area contributed by atoms with Crippen LogP contribution in [0.3, 0.4) is 0 Å². The fourth-order valence-electron chi connectivity index (χ4n) is 4.50. The zero-order valence-electron chi connectivity index (χ0n) is 28.0. The molecule has 2 aromatic rings. The molecule has 3 rings (SSSR count). The number of hydrogen-bond donors (Lipinski definition) is 6. The van der Waals surface area contributed by atoms with Crippen molar-refractivity contribution in [2.75, 3.05) is 32.4 Å². The third-order valence-corrected chi connectivity index (χ3v) is 8.66. The molecule has 1 fully saturated rings. The number of carbonyl (C=O) groups excluding carboxylic acids is 6. The van der Waals surface area contributed by atoms with E-state index in [1.54, 1.807) is 30.3 Å². The van der Waals surface area contributed by atoms with E-state index in [2.05, 4.69) is 48.4 Å². The van der Waals surface area contributed by atoms with Crippen LogP contribution in [-0.4, -0.2) is 103 Å². The summed E-state index contributed by atoms with van der Waals surface area (Å²) in [6.07, 6.45) is 5.68. The fourth-order valence-corrected chi connectivity index (χ4v) is 4.99. The van der Waals surface area contributed by atoms with Crippen LogP contribution < -0.4 is 26.6 Å². The molecule has 1 aromatic carbocycles. The first-order valence-electron chi connectivity index (χ1n) is 15.8. The predicted molar refractivity (Wildman–Crippen MR) is 179 cm³/mol. The number of carboxylic acid groups (broad SMARTS) is 1. The number of aromatic nitrogens is 2. The van der Waals surface area contributed by atoms with E-state index < -0.39 is 82.2 Å². The molecular weight excluding hydrogens is 686 g/mol. The maximum Gasteiger partial charge on any atom is 0.313 e. The smallest absolute Gasteiger partial charge is 0.313 e. The van der Waals surface area contributed by atoms with Crippen LogP contribution in [-0.2, 0) is 49.8 Å². The van der Waals surface area contributed by atoms with E-state index in [-0.39, 0.29) is 24.0 Å². The third kappa shape index (κ3) is 13.3. The first-order valence-corrected chi connectivity index (χ1v) is 17.7. The predicted octanol–water partition coefficient (Wildman–Crippen LogP) is -1.73. The van der Waals surface area contributed by atoms with E-state index in [9.17, 15) is 42.0 Å². The van der Waals surface area contributed by atoms with Crippen LogP contribution in [0.5, 0.6) is 0 Å². The van der Waals surface area contributed by atoms with Gasteiger partial charge in [0, 0.05) is 31.5 Å². The lowest BCUT2D eigenvalue weighted by Crippen LogP contribution is -2.52. The van der Waals surface area contributed by atoms with Crippen molar-refractivity contribution in [1.82, 2.24) is 36.6 Å². The number of sulfone groups is 1. The monoisotopic (exact) mass is 725 g/mol. The minimum Gasteiger partial charge on any atom is -0.481 e. The average Bonchev–Trinajstić information content (AvgIpc) is 3.90. The zero-order valence-corrected chi connectivity index (χ0v) is 28.8. The van der Waals surface area contributed by atoms with E-state index in [0.29, 0.717) is 36.8 Å². The molecule has 1 aliphatic carbocycles. The van der Waals surface area contributed by atoms with Crippen molar-refractivity contribution in [3.8, 4) is 11.8 Å². The normalized spacial score (nSPS) is 13.9. The highest BCUT2D eigenvalue weighted by Crippen LogP contribution is 2.49. The summed E-state index contributed by atoms with van der Waals surface area (Å²) in [5.41, 5.74) is 0.455. The second kappa shape index (κ2) is 18.3. The van der Waals surface area contributed by atoms with E-state index in [4.69, 9.17) is 5.11 Å². The van der Waals surface area contributed by atoms with Gasteiger partial charge in [-0.1, -0.05) is 42.2 Å². The number of carbonyl (C=O) groups is 7. The number of nitrogens with one attached hydrogen (secondary N) is 5. The molecule has 2 atom stereocenters. The minimum atomic E-state index is -3.52. The Labute approximate surface area is 294 Å². The Kier molecular flexibility index (Phi) is 14.3. The number of hydrogen-bond acceptors (Lipinski definition) is 11. The number of nitrogens with zero attached hydrogens (tertiary/aromatic N) is 2. The number of carboxylic acids is 1. The molecular formula is C33H39N7O10S. The highest BCUT2D eigenvalue weighted by molar-refractivity contribution is 7.90. The Morgan fingerprint density at radius 3 is 2.04 bits per heavy atom. The first-order chi connectivity index (χ1) is 24.1. The van der Waals surface area contributed by atoms with Crippen molar-refractivity contribution in [2.45, 2.75) is 50.2 Å². The summed E-state index contributed by atoms with van der Waals surface area (Å²) >= 11 is 0. The molecule has 5 amide bonds. The largest absolute Gasteiger partial charge is 0.481 e. The summed E-state index contributed by atoms with van der Waals surface area (Å²) in [5.74, 6) is -0.764. The van der Waals surface area contributed by atoms with E-state index in [1.165, 1.54) is 19.3 Å². The van der Waals surface area contributed by atoms with Crippen LogP contribution >= 0.6 is 0 Å². The summed E-state index contributed by atoms with van der Waals surface area (Å²) < 4.78 is 22.9. The lowest BCUT2D eigenvalue weighted by Gasteiger charge is -2.19. The topological polar surface area (TPSA) is 260 Å². The van der Waals surface area contributed by atoms with Gasteiger partial charge in [0.2, 0.25) is 44.5 Å².